The first-order chi connectivity index (χ1) is 11.1. The van der Waals surface area contributed by atoms with Crippen LogP contribution in [0, 0.1) is 5.82 Å². The highest BCUT2D eigenvalue weighted by molar-refractivity contribution is 7.13. The summed E-state index contributed by atoms with van der Waals surface area (Å²) in [7, 11) is 0. The van der Waals surface area contributed by atoms with Crippen molar-refractivity contribution in [1.29, 1.82) is 0 Å². The molecule has 0 aliphatic heterocycles. The fraction of sp³-hybridized carbons (Fsp3) is 0.133. The molecule has 0 unspecified atom stereocenters. The molecule has 0 amide bonds. The van der Waals surface area contributed by atoms with E-state index in [1.807, 2.05) is 17.5 Å². The lowest BCUT2D eigenvalue weighted by Gasteiger charge is -2.05. The van der Waals surface area contributed by atoms with E-state index in [0.29, 0.717) is 5.82 Å². The monoisotopic (exact) mass is 352 g/mol. The van der Waals surface area contributed by atoms with Gasteiger partial charge in [0.1, 0.15) is 5.82 Å². The van der Waals surface area contributed by atoms with Gasteiger partial charge in [-0.1, -0.05) is 28.9 Å². The Kier molecular flexibility index (Phi) is 4.68. The molecule has 2 aromatic heterocycles. The summed E-state index contributed by atoms with van der Waals surface area (Å²) in [6.07, 6.45) is -0.266. The normalized spacial score (nSPS) is 10.7. The second-order valence-electron chi connectivity index (χ2n) is 4.53. The molecule has 8 heteroatoms. The Labute approximate surface area is 139 Å². The maximum atomic E-state index is 13.6. The van der Waals surface area contributed by atoms with Crippen molar-refractivity contribution in [3.63, 3.8) is 0 Å². The minimum Gasteiger partial charge on any atom is -0.455 e. The molecule has 0 fully saturated rings. The predicted molar refractivity (Wildman–Crippen MR) is 82.5 cm³/mol. The highest BCUT2D eigenvalue weighted by atomic mass is 35.5. The zero-order valence-electron chi connectivity index (χ0n) is 11.7. The van der Waals surface area contributed by atoms with Crippen LogP contribution in [-0.2, 0) is 22.6 Å². The van der Waals surface area contributed by atoms with E-state index in [-0.39, 0.29) is 29.5 Å². The molecule has 1 aromatic carbocycles. The number of esters is 1. The lowest BCUT2D eigenvalue weighted by molar-refractivity contribution is -0.144. The van der Waals surface area contributed by atoms with Crippen molar-refractivity contribution in [2.75, 3.05) is 0 Å². The van der Waals surface area contributed by atoms with Crippen molar-refractivity contribution in [1.82, 2.24) is 10.1 Å². The Hall–Kier alpha value is -2.25. The van der Waals surface area contributed by atoms with Gasteiger partial charge in [-0.3, -0.25) is 4.79 Å². The van der Waals surface area contributed by atoms with Crippen molar-refractivity contribution >= 4 is 28.9 Å². The van der Waals surface area contributed by atoms with E-state index < -0.39 is 11.8 Å². The van der Waals surface area contributed by atoms with Gasteiger partial charge >= 0.3 is 5.97 Å². The number of hydrogen-bond acceptors (Lipinski definition) is 6. The quantitative estimate of drug-likeness (QED) is 0.652. The van der Waals surface area contributed by atoms with E-state index >= 15 is 0 Å². The molecule has 2 heterocycles. The highest BCUT2D eigenvalue weighted by Crippen LogP contribution is 2.22. The Morgan fingerprint density at radius 3 is 2.96 bits per heavy atom. The van der Waals surface area contributed by atoms with Crippen LogP contribution in [0.1, 0.15) is 11.5 Å². The second kappa shape index (κ2) is 6.89. The van der Waals surface area contributed by atoms with Crippen LogP contribution in [0.4, 0.5) is 4.39 Å². The van der Waals surface area contributed by atoms with Crippen LogP contribution in [0.15, 0.2) is 40.2 Å². The zero-order valence-corrected chi connectivity index (χ0v) is 13.2. The third-order valence-electron chi connectivity index (χ3n) is 2.95. The van der Waals surface area contributed by atoms with Crippen molar-refractivity contribution in [3.05, 3.63) is 58.0 Å². The van der Waals surface area contributed by atoms with Crippen LogP contribution in [0.2, 0.25) is 5.02 Å². The van der Waals surface area contributed by atoms with Gasteiger partial charge in [-0.2, -0.15) is 4.98 Å². The fourth-order valence-corrected chi connectivity index (χ4v) is 2.74. The summed E-state index contributed by atoms with van der Waals surface area (Å²) in [4.78, 5) is 16.8. The summed E-state index contributed by atoms with van der Waals surface area (Å²) in [5.74, 6) is -0.579. The zero-order chi connectivity index (χ0) is 16.2. The number of nitrogens with zero attached hydrogens (tertiary/aromatic N) is 2. The molecule has 0 saturated heterocycles. The standard InChI is InChI=1S/C15H10ClFN2O3S/c16-10-3-1-4-11(17)9(10)7-14(20)21-8-13-18-15(19-22-13)12-5-2-6-23-12/h1-6H,7-8H2. The lowest BCUT2D eigenvalue weighted by atomic mass is 10.1. The summed E-state index contributed by atoms with van der Waals surface area (Å²) >= 11 is 7.33. The molecule has 0 aliphatic carbocycles. The molecule has 3 rings (SSSR count). The van der Waals surface area contributed by atoms with Crippen molar-refractivity contribution < 1.29 is 18.4 Å². The van der Waals surface area contributed by atoms with E-state index in [1.54, 1.807) is 0 Å². The number of carbonyl (C=O) groups excluding carboxylic acids is 1. The number of halogens is 2. The molecule has 0 radical (unpaired) electrons. The lowest BCUT2D eigenvalue weighted by Crippen LogP contribution is -2.09. The topological polar surface area (TPSA) is 65.2 Å². The average molecular weight is 353 g/mol. The van der Waals surface area contributed by atoms with Gasteiger partial charge in [0.05, 0.1) is 11.3 Å². The average Bonchev–Trinajstić information content (AvgIpc) is 3.19. The van der Waals surface area contributed by atoms with E-state index in [2.05, 4.69) is 10.1 Å². The first-order valence-corrected chi connectivity index (χ1v) is 7.84. The Morgan fingerprint density at radius 2 is 2.22 bits per heavy atom. The molecule has 3 aromatic rings. The van der Waals surface area contributed by atoms with Crippen LogP contribution < -0.4 is 0 Å². The van der Waals surface area contributed by atoms with E-state index in [9.17, 15) is 9.18 Å². The third-order valence-corrected chi connectivity index (χ3v) is 4.17. The summed E-state index contributed by atoms with van der Waals surface area (Å²) in [6.45, 7) is -0.177. The van der Waals surface area contributed by atoms with Crippen LogP contribution >= 0.6 is 22.9 Å². The number of rotatable bonds is 5. The highest BCUT2D eigenvalue weighted by Gasteiger charge is 2.15. The van der Waals surface area contributed by atoms with Crippen molar-refractivity contribution in [2.45, 2.75) is 13.0 Å². The van der Waals surface area contributed by atoms with Crippen LogP contribution in [0.3, 0.4) is 0 Å². The number of aromatic nitrogens is 2. The molecule has 0 saturated carbocycles. The number of carbonyl (C=O) groups is 1. The number of hydrogen-bond donors (Lipinski definition) is 0. The van der Waals surface area contributed by atoms with Crippen molar-refractivity contribution in [3.8, 4) is 10.7 Å². The van der Waals surface area contributed by atoms with Gasteiger partial charge in [-0.15, -0.1) is 11.3 Å². The van der Waals surface area contributed by atoms with E-state index in [1.165, 1.54) is 29.5 Å². The molecule has 118 valence electrons. The minimum absolute atomic E-state index is 0.101. The third kappa shape index (κ3) is 3.75. The van der Waals surface area contributed by atoms with Gasteiger partial charge in [0.25, 0.3) is 5.89 Å². The maximum Gasteiger partial charge on any atom is 0.310 e. The smallest absolute Gasteiger partial charge is 0.310 e. The summed E-state index contributed by atoms with van der Waals surface area (Å²) in [5.41, 5.74) is 0.101. The molecule has 0 atom stereocenters. The van der Waals surface area contributed by atoms with E-state index in [0.717, 1.165) is 4.88 Å². The molecule has 5 nitrogen and oxygen atoms in total. The van der Waals surface area contributed by atoms with Gasteiger partial charge in [0, 0.05) is 10.6 Å². The van der Waals surface area contributed by atoms with E-state index in [4.69, 9.17) is 20.9 Å². The van der Waals surface area contributed by atoms with Crippen molar-refractivity contribution in [2.24, 2.45) is 0 Å². The number of ether oxygens (including phenoxy) is 1. The van der Waals surface area contributed by atoms with Gasteiger partial charge in [0.15, 0.2) is 6.61 Å². The number of benzene rings is 1. The molecular formula is C15H10ClFN2O3S. The summed E-state index contributed by atoms with van der Waals surface area (Å²) in [6, 6.07) is 7.94. The van der Waals surface area contributed by atoms with Crippen LogP contribution in [-0.4, -0.2) is 16.1 Å². The molecule has 23 heavy (non-hydrogen) atoms. The Bertz CT molecular complexity index is 800. The second-order valence-corrected chi connectivity index (χ2v) is 5.88. The molecule has 0 bridgehead atoms. The molecule has 0 aliphatic rings. The van der Waals surface area contributed by atoms with Gasteiger partial charge in [-0.25, -0.2) is 4.39 Å². The van der Waals surface area contributed by atoms with Gasteiger partial charge < -0.3 is 9.26 Å². The summed E-state index contributed by atoms with van der Waals surface area (Å²) in [5, 5.41) is 5.87. The molecular weight excluding hydrogens is 343 g/mol. The fourth-order valence-electron chi connectivity index (χ4n) is 1.86. The Balaban J connectivity index is 1.59. The minimum atomic E-state index is -0.632. The van der Waals surface area contributed by atoms with Crippen LogP contribution in [0.5, 0.6) is 0 Å². The first kappa shape index (κ1) is 15.6. The molecule has 0 spiro atoms. The summed E-state index contributed by atoms with van der Waals surface area (Å²) < 4.78 is 23.6. The predicted octanol–water partition coefficient (Wildman–Crippen LogP) is 3.88. The van der Waals surface area contributed by atoms with Gasteiger partial charge in [-0.05, 0) is 23.6 Å². The first-order valence-electron chi connectivity index (χ1n) is 6.58. The van der Waals surface area contributed by atoms with Gasteiger partial charge in [0.2, 0.25) is 5.82 Å². The Morgan fingerprint density at radius 1 is 1.35 bits per heavy atom. The number of thiophene rings is 1. The maximum absolute atomic E-state index is 13.6. The van der Waals surface area contributed by atoms with Crippen LogP contribution in [0.25, 0.3) is 10.7 Å². The SMILES string of the molecule is O=C(Cc1c(F)cccc1Cl)OCc1nc(-c2cccs2)no1. The molecule has 0 N–H and O–H groups in total. The largest absolute Gasteiger partial charge is 0.455 e.